The van der Waals surface area contributed by atoms with Crippen LogP contribution in [0.2, 0.25) is 0 Å². The molecule has 0 radical (unpaired) electrons. The smallest absolute Gasteiger partial charge is 0.291 e. The van der Waals surface area contributed by atoms with Gasteiger partial charge in [-0.2, -0.15) is 0 Å². The van der Waals surface area contributed by atoms with Crippen molar-refractivity contribution in [2.24, 2.45) is 0 Å². The summed E-state index contributed by atoms with van der Waals surface area (Å²) in [6.07, 6.45) is 0. The van der Waals surface area contributed by atoms with Crippen molar-refractivity contribution < 1.29 is 18.3 Å². The van der Waals surface area contributed by atoms with E-state index in [1.165, 1.54) is 12.1 Å². The van der Waals surface area contributed by atoms with E-state index in [1.807, 2.05) is 18.2 Å². The summed E-state index contributed by atoms with van der Waals surface area (Å²) in [4.78, 5) is 14.9. The molecule has 0 saturated heterocycles. The molecule has 3 aromatic rings. The zero-order valence-corrected chi connectivity index (χ0v) is 16.7. The lowest BCUT2D eigenvalue weighted by molar-refractivity contribution is 0.0997. The highest BCUT2D eigenvalue weighted by atomic mass is 19.1. The van der Waals surface area contributed by atoms with Crippen LogP contribution in [0.15, 0.2) is 65.1 Å². The fraction of sp³-hybridized carbons (Fsp3) is 0.261. The minimum Gasteiger partial charge on any atom is -0.490 e. The zero-order valence-electron chi connectivity index (χ0n) is 16.7. The molecule has 0 aliphatic heterocycles. The van der Waals surface area contributed by atoms with Gasteiger partial charge in [0.1, 0.15) is 23.9 Å². The van der Waals surface area contributed by atoms with Crippen molar-refractivity contribution in [3.8, 4) is 17.1 Å². The van der Waals surface area contributed by atoms with Gasteiger partial charge in [0, 0.05) is 12.1 Å². The highest BCUT2D eigenvalue weighted by Crippen LogP contribution is 2.26. The molecule has 1 heterocycles. The summed E-state index contributed by atoms with van der Waals surface area (Å²) in [5.41, 5.74) is 1.28. The number of furan rings is 1. The lowest BCUT2D eigenvalue weighted by Crippen LogP contribution is -2.28. The number of halogens is 1. The Hall–Kier alpha value is -3.12. The number of hydrogen-bond acceptors (Lipinski definition) is 4. The van der Waals surface area contributed by atoms with Crippen molar-refractivity contribution in [1.82, 2.24) is 4.90 Å². The van der Waals surface area contributed by atoms with Crippen molar-refractivity contribution in [3.05, 3.63) is 72.2 Å². The van der Waals surface area contributed by atoms with Crippen molar-refractivity contribution in [1.29, 1.82) is 0 Å². The SMILES string of the molecule is CCN(CC)CCOc1ccccc1NC(=O)c1ccc(-c2ccc(F)cc2)o1. The Morgan fingerprint density at radius 1 is 1.03 bits per heavy atom. The van der Waals surface area contributed by atoms with Crippen molar-refractivity contribution >= 4 is 11.6 Å². The van der Waals surface area contributed by atoms with Gasteiger partial charge in [-0.15, -0.1) is 0 Å². The number of carbonyl (C=O) groups is 1. The number of likely N-dealkylation sites (N-methyl/N-ethyl adjacent to an activating group) is 1. The maximum absolute atomic E-state index is 13.1. The van der Waals surface area contributed by atoms with Crippen LogP contribution >= 0.6 is 0 Å². The number of anilines is 1. The third-order valence-corrected chi connectivity index (χ3v) is 4.65. The summed E-state index contributed by atoms with van der Waals surface area (Å²) in [6, 6.07) is 16.5. The van der Waals surface area contributed by atoms with Gasteiger partial charge in [0.2, 0.25) is 0 Å². The molecule has 3 rings (SSSR count). The van der Waals surface area contributed by atoms with Crippen LogP contribution in [0.3, 0.4) is 0 Å². The number of benzene rings is 2. The molecule has 0 bridgehead atoms. The Morgan fingerprint density at radius 3 is 2.48 bits per heavy atom. The number of nitrogens with one attached hydrogen (secondary N) is 1. The molecule has 1 amide bonds. The Labute approximate surface area is 170 Å². The van der Waals surface area contributed by atoms with Crippen molar-refractivity contribution in [2.75, 3.05) is 31.6 Å². The molecule has 0 atom stereocenters. The highest BCUT2D eigenvalue weighted by Gasteiger charge is 2.15. The largest absolute Gasteiger partial charge is 0.490 e. The van der Waals surface area contributed by atoms with E-state index in [1.54, 1.807) is 30.3 Å². The fourth-order valence-electron chi connectivity index (χ4n) is 2.93. The number of hydrogen-bond donors (Lipinski definition) is 1. The van der Waals surface area contributed by atoms with Crippen molar-refractivity contribution in [2.45, 2.75) is 13.8 Å². The molecule has 0 spiro atoms. The molecular formula is C23H25FN2O3. The molecule has 1 aromatic heterocycles. The number of ether oxygens (including phenoxy) is 1. The fourth-order valence-corrected chi connectivity index (χ4v) is 2.93. The first-order valence-electron chi connectivity index (χ1n) is 9.72. The monoisotopic (exact) mass is 396 g/mol. The molecule has 6 heteroatoms. The normalized spacial score (nSPS) is 10.9. The Morgan fingerprint density at radius 2 is 1.76 bits per heavy atom. The van der Waals surface area contributed by atoms with E-state index < -0.39 is 0 Å². The summed E-state index contributed by atoms with van der Waals surface area (Å²) in [5.74, 6) is 0.577. The van der Waals surface area contributed by atoms with Crippen LogP contribution in [0, 0.1) is 5.82 Å². The van der Waals surface area contributed by atoms with Gasteiger partial charge in [0.25, 0.3) is 5.91 Å². The molecule has 5 nitrogen and oxygen atoms in total. The van der Waals surface area contributed by atoms with Crippen LogP contribution < -0.4 is 10.1 Å². The average Bonchev–Trinajstić information content (AvgIpc) is 3.23. The van der Waals surface area contributed by atoms with Gasteiger partial charge in [-0.05, 0) is 61.6 Å². The van der Waals surface area contributed by atoms with E-state index in [0.29, 0.717) is 29.4 Å². The number of carbonyl (C=O) groups excluding carboxylic acids is 1. The van der Waals surface area contributed by atoms with Gasteiger partial charge in [0.05, 0.1) is 5.69 Å². The van der Waals surface area contributed by atoms with Crippen LogP contribution in [-0.2, 0) is 0 Å². The van der Waals surface area contributed by atoms with E-state index in [-0.39, 0.29) is 17.5 Å². The van der Waals surface area contributed by atoms with Crippen LogP contribution in [0.1, 0.15) is 24.4 Å². The second-order valence-electron chi connectivity index (χ2n) is 6.50. The van der Waals surface area contributed by atoms with Gasteiger partial charge in [0.15, 0.2) is 5.76 Å². The zero-order chi connectivity index (χ0) is 20.6. The average molecular weight is 396 g/mol. The van der Waals surface area contributed by atoms with Gasteiger partial charge in [-0.25, -0.2) is 4.39 Å². The van der Waals surface area contributed by atoms with Gasteiger partial charge in [-0.3, -0.25) is 4.79 Å². The third kappa shape index (κ3) is 5.45. The Kier molecular flexibility index (Phi) is 7.03. The van der Waals surface area contributed by atoms with E-state index in [2.05, 4.69) is 24.1 Å². The summed E-state index contributed by atoms with van der Waals surface area (Å²) in [5, 5.41) is 2.84. The lowest BCUT2D eigenvalue weighted by atomic mass is 10.2. The second-order valence-corrected chi connectivity index (χ2v) is 6.50. The third-order valence-electron chi connectivity index (χ3n) is 4.65. The number of amides is 1. The molecule has 2 aromatic carbocycles. The predicted octanol–water partition coefficient (Wildman–Crippen LogP) is 5.06. The summed E-state index contributed by atoms with van der Waals surface area (Å²) in [6.45, 7) is 7.50. The first-order chi connectivity index (χ1) is 14.1. The topological polar surface area (TPSA) is 54.7 Å². The van der Waals surface area contributed by atoms with Crippen LogP contribution in [0.4, 0.5) is 10.1 Å². The predicted molar refractivity (Wildman–Crippen MR) is 112 cm³/mol. The minimum atomic E-state index is -0.377. The van der Waals surface area contributed by atoms with E-state index in [9.17, 15) is 9.18 Å². The summed E-state index contributed by atoms with van der Waals surface area (Å²) in [7, 11) is 0. The van der Waals surface area contributed by atoms with Crippen molar-refractivity contribution in [3.63, 3.8) is 0 Å². The standard InChI is InChI=1S/C23H25FN2O3/c1-3-26(4-2)15-16-28-21-8-6-5-7-19(21)25-23(27)22-14-13-20(29-22)17-9-11-18(24)12-10-17/h5-14H,3-4,15-16H2,1-2H3,(H,25,27). The quantitative estimate of drug-likeness (QED) is 0.549. The molecule has 0 aliphatic rings. The molecule has 1 N–H and O–H groups in total. The lowest BCUT2D eigenvalue weighted by Gasteiger charge is -2.19. The Balaban J connectivity index is 1.66. The molecule has 0 fully saturated rings. The first kappa shape index (κ1) is 20.6. The second kappa shape index (κ2) is 9.89. The summed E-state index contributed by atoms with van der Waals surface area (Å²) < 4.78 is 24.6. The van der Waals surface area contributed by atoms with Gasteiger partial charge >= 0.3 is 0 Å². The molecular weight excluding hydrogens is 371 g/mol. The van der Waals surface area contributed by atoms with Crippen LogP contribution in [0.5, 0.6) is 5.75 Å². The van der Waals surface area contributed by atoms with E-state index in [0.717, 1.165) is 19.6 Å². The molecule has 152 valence electrons. The molecule has 0 saturated carbocycles. The molecule has 0 aliphatic carbocycles. The van der Waals surface area contributed by atoms with Crippen LogP contribution in [0.25, 0.3) is 11.3 Å². The van der Waals surface area contributed by atoms with E-state index in [4.69, 9.17) is 9.15 Å². The van der Waals surface area contributed by atoms with E-state index >= 15 is 0 Å². The number of rotatable bonds is 9. The first-order valence-corrected chi connectivity index (χ1v) is 9.72. The highest BCUT2D eigenvalue weighted by molar-refractivity contribution is 6.03. The van der Waals surface area contributed by atoms with Crippen LogP contribution in [-0.4, -0.2) is 37.0 Å². The Bertz CT molecular complexity index is 933. The number of para-hydroxylation sites is 2. The number of nitrogens with zero attached hydrogens (tertiary/aromatic N) is 1. The van der Waals surface area contributed by atoms with Gasteiger partial charge in [-0.1, -0.05) is 26.0 Å². The molecule has 29 heavy (non-hydrogen) atoms. The van der Waals surface area contributed by atoms with Gasteiger partial charge < -0.3 is 19.4 Å². The summed E-state index contributed by atoms with van der Waals surface area (Å²) >= 11 is 0. The maximum Gasteiger partial charge on any atom is 0.291 e. The molecule has 0 unspecified atom stereocenters. The maximum atomic E-state index is 13.1. The minimum absolute atomic E-state index is 0.169.